The molecule has 2 unspecified atom stereocenters. The molecule has 1 aromatic carbocycles. The fraction of sp³-hybridized carbons (Fsp3) is 0.250. The van der Waals surface area contributed by atoms with E-state index in [9.17, 15) is 14.7 Å². The minimum atomic E-state index is -1.20. The molecule has 0 fully saturated rings. The lowest BCUT2D eigenvalue weighted by Crippen LogP contribution is -2.34. The molecule has 1 heterocycles. The van der Waals surface area contributed by atoms with Crippen LogP contribution in [0.15, 0.2) is 42.7 Å². The van der Waals surface area contributed by atoms with E-state index in [0.717, 1.165) is 18.0 Å². The van der Waals surface area contributed by atoms with Gasteiger partial charge >= 0.3 is 5.97 Å². The third-order valence-corrected chi connectivity index (χ3v) is 3.24. The number of carboxylic acids is 1. The molecular formula is C16H17N3O4. The molecule has 7 nitrogen and oxygen atoms in total. The second-order valence-electron chi connectivity index (χ2n) is 5.13. The molecule has 7 heteroatoms. The van der Waals surface area contributed by atoms with Crippen LogP contribution in [0, 0.1) is 0 Å². The van der Waals surface area contributed by atoms with Crippen LogP contribution < -0.4 is 5.32 Å². The van der Waals surface area contributed by atoms with Crippen LogP contribution in [0.1, 0.15) is 46.0 Å². The summed E-state index contributed by atoms with van der Waals surface area (Å²) < 4.78 is 0. The molecule has 1 amide bonds. The van der Waals surface area contributed by atoms with Gasteiger partial charge in [0.15, 0.2) is 5.69 Å². The van der Waals surface area contributed by atoms with Crippen LogP contribution in [0.2, 0.25) is 0 Å². The number of aromatic nitrogens is 2. The summed E-state index contributed by atoms with van der Waals surface area (Å²) in [5.41, 5.74) is 0.573. The number of aliphatic hydroxyl groups excluding tert-OH is 1. The third-order valence-electron chi connectivity index (χ3n) is 3.24. The highest BCUT2D eigenvalue weighted by Crippen LogP contribution is 2.17. The van der Waals surface area contributed by atoms with Crippen molar-refractivity contribution in [3.05, 3.63) is 59.7 Å². The van der Waals surface area contributed by atoms with Gasteiger partial charge in [0.1, 0.15) is 5.69 Å². The Balaban J connectivity index is 1.93. The molecule has 0 saturated carbocycles. The van der Waals surface area contributed by atoms with E-state index in [0.29, 0.717) is 6.42 Å². The molecule has 120 valence electrons. The van der Waals surface area contributed by atoms with Gasteiger partial charge in [-0.2, -0.15) is 0 Å². The fourth-order valence-corrected chi connectivity index (χ4v) is 2.06. The summed E-state index contributed by atoms with van der Waals surface area (Å²) >= 11 is 0. The lowest BCUT2D eigenvalue weighted by atomic mass is 10.0. The average Bonchev–Trinajstić information content (AvgIpc) is 2.55. The van der Waals surface area contributed by atoms with Gasteiger partial charge < -0.3 is 15.5 Å². The van der Waals surface area contributed by atoms with Gasteiger partial charge in [0, 0.05) is 6.04 Å². The number of carbonyl (C=O) groups is 2. The zero-order valence-corrected chi connectivity index (χ0v) is 12.5. The Morgan fingerprint density at radius 1 is 1.13 bits per heavy atom. The summed E-state index contributed by atoms with van der Waals surface area (Å²) in [6, 6.07) is 8.87. The first-order valence-electron chi connectivity index (χ1n) is 7.06. The second-order valence-corrected chi connectivity index (χ2v) is 5.13. The van der Waals surface area contributed by atoms with Gasteiger partial charge in [-0.1, -0.05) is 30.3 Å². The van der Waals surface area contributed by atoms with E-state index < -0.39 is 18.0 Å². The van der Waals surface area contributed by atoms with Gasteiger partial charge in [0.25, 0.3) is 5.91 Å². The number of aromatic carboxylic acids is 1. The molecule has 0 spiro atoms. The molecule has 0 aliphatic rings. The van der Waals surface area contributed by atoms with E-state index in [-0.39, 0.29) is 17.4 Å². The third kappa shape index (κ3) is 4.58. The first kappa shape index (κ1) is 16.6. The molecule has 23 heavy (non-hydrogen) atoms. The van der Waals surface area contributed by atoms with Crippen LogP contribution in [-0.4, -0.2) is 38.1 Å². The lowest BCUT2D eigenvalue weighted by molar-refractivity contribution is 0.0688. The molecular weight excluding hydrogens is 298 g/mol. The highest BCUT2D eigenvalue weighted by Gasteiger charge is 2.16. The van der Waals surface area contributed by atoms with Crippen molar-refractivity contribution >= 4 is 11.9 Å². The molecule has 0 bridgehead atoms. The number of carboxylic acid groups (broad SMARTS) is 1. The minimum Gasteiger partial charge on any atom is -0.476 e. The molecule has 2 atom stereocenters. The fourth-order valence-electron chi connectivity index (χ4n) is 2.06. The van der Waals surface area contributed by atoms with Crippen molar-refractivity contribution in [2.75, 3.05) is 0 Å². The maximum absolute atomic E-state index is 12.0. The first-order chi connectivity index (χ1) is 11.0. The normalized spacial score (nSPS) is 13.1. The number of benzene rings is 1. The molecule has 0 aliphatic heterocycles. The summed E-state index contributed by atoms with van der Waals surface area (Å²) in [4.78, 5) is 30.1. The molecule has 3 N–H and O–H groups in total. The van der Waals surface area contributed by atoms with Crippen molar-refractivity contribution in [3.8, 4) is 0 Å². The molecule has 2 aromatic rings. The Hall–Kier alpha value is -2.80. The number of hydrogen-bond donors (Lipinski definition) is 3. The lowest BCUT2D eigenvalue weighted by Gasteiger charge is -2.18. The second kappa shape index (κ2) is 7.46. The van der Waals surface area contributed by atoms with Crippen molar-refractivity contribution in [1.29, 1.82) is 0 Å². The highest BCUT2D eigenvalue weighted by atomic mass is 16.4. The van der Waals surface area contributed by atoms with Crippen molar-refractivity contribution < 1.29 is 19.8 Å². The number of nitrogens with zero attached hydrogens (tertiary/aromatic N) is 2. The number of carbonyl (C=O) groups excluding carboxylic acids is 1. The van der Waals surface area contributed by atoms with Gasteiger partial charge in [0.05, 0.1) is 18.5 Å². The van der Waals surface area contributed by atoms with Crippen molar-refractivity contribution in [3.63, 3.8) is 0 Å². The van der Waals surface area contributed by atoms with E-state index in [1.807, 2.05) is 30.3 Å². The van der Waals surface area contributed by atoms with E-state index in [1.54, 1.807) is 6.92 Å². The first-order valence-corrected chi connectivity index (χ1v) is 7.06. The quantitative estimate of drug-likeness (QED) is 0.743. The summed E-state index contributed by atoms with van der Waals surface area (Å²) in [6.45, 7) is 1.77. The SMILES string of the molecule is CC(CC(O)c1ccccc1)NC(=O)c1cnc(C(=O)O)cn1. The molecule has 0 aliphatic carbocycles. The van der Waals surface area contributed by atoms with Crippen LogP contribution in [0.5, 0.6) is 0 Å². The molecule has 1 aromatic heterocycles. The van der Waals surface area contributed by atoms with Crippen LogP contribution in [-0.2, 0) is 0 Å². The van der Waals surface area contributed by atoms with E-state index in [1.165, 1.54) is 0 Å². The maximum Gasteiger partial charge on any atom is 0.356 e. The highest BCUT2D eigenvalue weighted by molar-refractivity contribution is 5.92. The van der Waals surface area contributed by atoms with Crippen LogP contribution in [0.3, 0.4) is 0 Å². The monoisotopic (exact) mass is 315 g/mol. The Bertz CT molecular complexity index is 673. The average molecular weight is 315 g/mol. The van der Waals surface area contributed by atoms with Crippen molar-refractivity contribution in [2.24, 2.45) is 0 Å². The van der Waals surface area contributed by atoms with Gasteiger partial charge in [-0.15, -0.1) is 0 Å². The van der Waals surface area contributed by atoms with Crippen molar-refractivity contribution in [1.82, 2.24) is 15.3 Å². The van der Waals surface area contributed by atoms with Crippen molar-refractivity contribution in [2.45, 2.75) is 25.5 Å². The van der Waals surface area contributed by atoms with E-state index in [2.05, 4.69) is 15.3 Å². The summed E-state index contributed by atoms with van der Waals surface area (Å²) in [5, 5.41) is 21.6. The molecule has 2 rings (SSSR count). The topological polar surface area (TPSA) is 112 Å². The van der Waals surface area contributed by atoms with Crippen LogP contribution >= 0.6 is 0 Å². The van der Waals surface area contributed by atoms with E-state index >= 15 is 0 Å². The number of hydrogen-bond acceptors (Lipinski definition) is 5. The predicted molar refractivity (Wildman–Crippen MR) is 81.9 cm³/mol. The Kier molecular flexibility index (Phi) is 5.37. The number of amides is 1. The number of rotatable bonds is 6. The smallest absolute Gasteiger partial charge is 0.356 e. The van der Waals surface area contributed by atoms with Gasteiger partial charge in [-0.05, 0) is 18.9 Å². The molecule has 0 saturated heterocycles. The van der Waals surface area contributed by atoms with Gasteiger partial charge in [-0.25, -0.2) is 14.8 Å². The van der Waals surface area contributed by atoms with E-state index in [4.69, 9.17) is 5.11 Å². The van der Waals surface area contributed by atoms with Crippen LogP contribution in [0.25, 0.3) is 0 Å². The van der Waals surface area contributed by atoms with Crippen LogP contribution in [0.4, 0.5) is 0 Å². The van der Waals surface area contributed by atoms with Gasteiger partial charge in [0.2, 0.25) is 0 Å². The zero-order chi connectivity index (χ0) is 16.8. The summed E-state index contributed by atoms with van der Waals surface area (Å²) in [5.74, 6) is -1.67. The minimum absolute atomic E-state index is 0.0241. The predicted octanol–water partition coefficient (Wildman–Crippen LogP) is 1.42. The summed E-state index contributed by atoms with van der Waals surface area (Å²) in [7, 11) is 0. The number of nitrogens with one attached hydrogen (secondary N) is 1. The number of aliphatic hydroxyl groups is 1. The Labute approximate surface area is 133 Å². The Morgan fingerprint density at radius 2 is 1.74 bits per heavy atom. The zero-order valence-electron chi connectivity index (χ0n) is 12.5. The standard InChI is InChI=1S/C16H17N3O4/c1-10(7-14(20)11-5-3-2-4-6-11)19-15(21)12-8-18-13(9-17-12)16(22)23/h2-6,8-10,14,20H,7H2,1H3,(H,19,21)(H,22,23). The Morgan fingerprint density at radius 3 is 2.30 bits per heavy atom. The summed E-state index contributed by atoms with van der Waals surface area (Å²) in [6.07, 6.45) is 1.79. The largest absolute Gasteiger partial charge is 0.476 e. The molecule has 0 radical (unpaired) electrons. The van der Waals surface area contributed by atoms with Gasteiger partial charge in [-0.3, -0.25) is 4.79 Å². The maximum atomic E-state index is 12.0.